The molecule has 3 amide bonds. The van der Waals surface area contributed by atoms with Crippen molar-refractivity contribution in [3.63, 3.8) is 0 Å². The van der Waals surface area contributed by atoms with Crippen molar-refractivity contribution in [3.8, 4) is 0 Å². The Morgan fingerprint density at radius 2 is 1.75 bits per heavy atom. The highest BCUT2D eigenvalue weighted by atomic mass is 19.1. The molecule has 0 aliphatic carbocycles. The normalized spacial score (nSPS) is 20.8. The molecule has 11 heteroatoms. The van der Waals surface area contributed by atoms with E-state index in [1.165, 1.54) is 27.8 Å². The zero-order valence-corrected chi connectivity index (χ0v) is 21.1. The summed E-state index contributed by atoms with van der Waals surface area (Å²) in [6.45, 7) is 10.4. The van der Waals surface area contributed by atoms with E-state index in [1.807, 2.05) is 0 Å². The van der Waals surface area contributed by atoms with Crippen LogP contribution in [0.25, 0.3) is 0 Å². The Hall–Kier alpha value is -3.31. The molecule has 1 aromatic heterocycles. The fourth-order valence-electron chi connectivity index (χ4n) is 4.56. The first-order chi connectivity index (χ1) is 17.2. The number of nitrogens with zero attached hydrogens (tertiary/aromatic N) is 5. The number of piperazine rings is 1. The van der Waals surface area contributed by atoms with Crippen LogP contribution in [0.1, 0.15) is 40.4 Å². The third-order valence-corrected chi connectivity index (χ3v) is 7.22. The van der Waals surface area contributed by atoms with Gasteiger partial charge in [-0.3, -0.25) is 24.0 Å². The molecule has 4 rings (SSSR count). The smallest absolute Gasteiger partial charge is 0.272 e. The molecule has 0 spiro atoms. The van der Waals surface area contributed by atoms with Crippen molar-refractivity contribution in [2.75, 3.05) is 52.9 Å². The van der Waals surface area contributed by atoms with Gasteiger partial charge in [-0.15, -0.1) is 0 Å². The number of fused-ring (bicyclic) bond motifs is 1. The van der Waals surface area contributed by atoms with E-state index in [0.29, 0.717) is 6.54 Å². The maximum atomic E-state index is 13.1. The van der Waals surface area contributed by atoms with Gasteiger partial charge in [0, 0.05) is 58.9 Å². The molecule has 36 heavy (non-hydrogen) atoms. The highest BCUT2D eigenvalue weighted by Gasteiger charge is 2.46. The summed E-state index contributed by atoms with van der Waals surface area (Å²) in [4.78, 5) is 45.0. The molecule has 0 saturated carbocycles. The standard InChI is InChI=1S/C25H34FN7O3/c1-4-31-11-13-32(14-12-31)10-9-27-22(34)20-15-21-23(35)30(3)25(2,17-33(21)29-20)24(36)28-16-18-5-7-19(26)8-6-18/h5-8,15H,4,9-14,16-17H2,1-3H3,(H,27,34)(H,28,36). The largest absolute Gasteiger partial charge is 0.350 e. The van der Waals surface area contributed by atoms with Crippen LogP contribution in [-0.4, -0.2) is 101 Å². The summed E-state index contributed by atoms with van der Waals surface area (Å²) in [6.07, 6.45) is 0. The summed E-state index contributed by atoms with van der Waals surface area (Å²) in [5, 5.41) is 10.1. The second-order valence-corrected chi connectivity index (χ2v) is 9.55. The Labute approximate surface area is 210 Å². The number of halogens is 1. The average Bonchev–Trinajstić information content (AvgIpc) is 3.31. The average molecular weight is 500 g/mol. The summed E-state index contributed by atoms with van der Waals surface area (Å²) < 4.78 is 14.6. The molecule has 0 radical (unpaired) electrons. The van der Waals surface area contributed by atoms with Crippen LogP contribution >= 0.6 is 0 Å². The lowest BCUT2D eigenvalue weighted by Gasteiger charge is -2.40. The number of hydrogen-bond donors (Lipinski definition) is 2. The van der Waals surface area contributed by atoms with E-state index in [1.54, 1.807) is 26.1 Å². The van der Waals surface area contributed by atoms with Gasteiger partial charge in [-0.1, -0.05) is 19.1 Å². The minimum absolute atomic E-state index is 0.106. The van der Waals surface area contributed by atoms with Gasteiger partial charge >= 0.3 is 0 Å². The van der Waals surface area contributed by atoms with E-state index in [9.17, 15) is 18.8 Å². The van der Waals surface area contributed by atoms with Gasteiger partial charge in [-0.05, 0) is 31.2 Å². The number of rotatable bonds is 8. The molecule has 194 valence electrons. The lowest BCUT2D eigenvalue weighted by Crippen LogP contribution is -2.62. The molecule has 3 heterocycles. The number of benzene rings is 1. The van der Waals surface area contributed by atoms with Crippen molar-refractivity contribution in [3.05, 3.63) is 53.1 Å². The maximum absolute atomic E-state index is 13.1. The summed E-state index contributed by atoms with van der Waals surface area (Å²) >= 11 is 0. The van der Waals surface area contributed by atoms with E-state index in [4.69, 9.17) is 0 Å². The molecular weight excluding hydrogens is 465 g/mol. The number of hydrogen-bond acceptors (Lipinski definition) is 6. The van der Waals surface area contributed by atoms with Crippen molar-refractivity contribution < 1.29 is 18.8 Å². The Bertz CT molecular complexity index is 1110. The van der Waals surface area contributed by atoms with Crippen molar-refractivity contribution in [2.24, 2.45) is 0 Å². The van der Waals surface area contributed by atoms with Gasteiger partial charge in [-0.25, -0.2) is 4.39 Å². The predicted molar refractivity (Wildman–Crippen MR) is 132 cm³/mol. The second-order valence-electron chi connectivity index (χ2n) is 9.55. The molecule has 1 aromatic carbocycles. The van der Waals surface area contributed by atoms with Crippen molar-refractivity contribution >= 4 is 17.7 Å². The molecule has 2 aromatic rings. The summed E-state index contributed by atoms with van der Waals surface area (Å²) in [7, 11) is 1.56. The van der Waals surface area contributed by atoms with Gasteiger partial charge in [-0.2, -0.15) is 5.10 Å². The molecule has 1 saturated heterocycles. The summed E-state index contributed by atoms with van der Waals surface area (Å²) in [6, 6.07) is 7.32. The lowest BCUT2D eigenvalue weighted by molar-refractivity contribution is -0.132. The fraction of sp³-hybridized carbons (Fsp3) is 0.520. The number of aromatic nitrogens is 2. The minimum atomic E-state index is -1.20. The van der Waals surface area contributed by atoms with Gasteiger partial charge < -0.3 is 20.4 Å². The molecule has 1 atom stereocenters. The topological polar surface area (TPSA) is 103 Å². The maximum Gasteiger partial charge on any atom is 0.272 e. The summed E-state index contributed by atoms with van der Waals surface area (Å²) in [5.74, 6) is -1.45. The van der Waals surface area contributed by atoms with Crippen LogP contribution in [0, 0.1) is 5.82 Å². The minimum Gasteiger partial charge on any atom is -0.350 e. The van der Waals surface area contributed by atoms with Crippen LogP contribution in [0.15, 0.2) is 30.3 Å². The van der Waals surface area contributed by atoms with Crippen LogP contribution in [0.2, 0.25) is 0 Å². The van der Waals surface area contributed by atoms with Crippen molar-refractivity contribution in [1.29, 1.82) is 0 Å². The molecule has 10 nitrogen and oxygen atoms in total. The third-order valence-electron chi connectivity index (χ3n) is 7.22. The number of carbonyl (C=O) groups excluding carboxylic acids is 3. The second kappa shape index (κ2) is 10.8. The van der Waals surface area contributed by atoms with Crippen LogP contribution in [0.5, 0.6) is 0 Å². The highest BCUT2D eigenvalue weighted by Crippen LogP contribution is 2.26. The third kappa shape index (κ3) is 5.41. The SMILES string of the molecule is CCN1CCN(CCNC(=O)c2cc3n(n2)CC(C)(C(=O)NCc2ccc(F)cc2)N(C)C3=O)CC1. The van der Waals surface area contributed by atoms with Gasteiger partial charge in [0.2, 0.25) is 5.91 Å². The van der Waals surface area contributed by atoms with Gasteiger partial charge in [0.15, 0.2) is 5.69 Å². The first-order valence-electron chi connectivity index (χ1n) is 12.3. The lowest BCUT2D eigenvalue weighted by atomic mass is 9.96. The molecule has 2 aliphatic rings. The van der Waals surface area contributed by atoms with Crippen LogP contribution in [0.4, 0.5) is 4.39 Å². The van der Waals surface area contributed by atoms with Crippen LogP contribution in [-0.2, 0) is 17.9 Å². The molecule has 1 unspecified atom stereocenters. The van der Waals surface area contributed by atoms with E-state index < -0.39 is 5.54 Å². The van der Waals surface area contributed by atoms with Crippen LogP contribution < -0.4 is 10.6 Å². The monoisotopic (exact) mass is 499 g/mol. The van der Waals surface area contributed by atoms with E-state index in [-0.39, 0.29) is 48.0 Å². The number of likely N-dealkylation sites (N-methyl/N-ethyl adjacent to an activating group) is 2. The van der Waals surface area contributed by atoms with Gasteiger partial charge in [0.25, 0.3) is 11.8 Å². The van der Waals surface area contributed by atoms with E-state index >= 15 is 0 Å². The Morgan fingerprint density at radius 3 is 2.42 bits per heavy atom. The zero-order valence-electron chi connectivity index (χ0n) is 21.1. The first kappa shape index (κ1) is 25.8. The molecule has 2 aliphatic heterocycles. The van der Waals surface area contributed by atoms with E-state index in [0.717, 1.165) is 44.8 Å². The molecule has 1 fully saturated rings. The number of carbonyl (C=O) groups is 3. The number of amides is 3. The Morgan fingerprint density at radius 1 is 1.08 bits per heavy atom. The van der Waals surface area contributed by atoms with Gasteiger partial charge in [0.05, 0.1) is 6.54 Å². The highest BCUT2D eigenvalue weighted by molar-refractivity contribution is 6.01. The Kier molecular flexibility index (Phi) is 7.70. The quantitative estimate of drug-likeness (QED) is 0.550. The van der Waals surface area contributed by atoms with Crippen LogP contribution in [0.3, 0.4) is 0 Å². The predicted octanol–water partition coefficient (Wildman–Crippen LogP) is 0.550. The van der Waals surface area contributed by atoms with Crippen molar-refractivity contribution in [2.45, 2.75) is 32.5 Å². The fourth-order valence-corrected chi connectivity index (χ4v) is 4.56. The van der Waals surface area contributed by atoms with E-state index in [2.05, 4.69) is 32.5 Å². The van der Waals surface area contributed by atoms with Crippen molar-refractivity contribution in [1.82, 2.24) is 35.1 Å². The Balaban J connectivity index is 1.35. The number of nitrogens with one attached hydrogen (secondary N) is 2. The molecule has 2 N–H and O–H groups in total. The molecular formula is C25H34FN7O3. The zero-order chi connectivity index (χ0) is 25.9. The molecule has 0 bridgehead atoms. The first-order valence-corrected chi connectivity index (χ1v) is 12.3. The van der Waals surface area contributed by atoms with Gasteiger partial charge in [0.1, 0.15) is 17.1 Å². The summed E-state index contributed by atoms with van der Waals surface area (Å²) in [5.41, 5.74) is -0.0466.